The lowest BCUT2D eigenvalue weighted by Crippen LogP contribution is -2.16. The van der Waals surface area contributed by atoms with Gasteiger partial charge in [0.05, 0.1) is 0 Å². The van der Waals surface area contributed by atoms with Gasteiger partial charge in [0, 0.05) is 11.7 Å². The molecule has 0 aromatic heterocycles. The first kappa shape index (κ1) is 24.8. The fraction of sp³-hybridized carbons (Fsp3) is 0.955. The van der Waals surface area contributed by atoms with E-state index in [1.54, 1.807) is 0 Å². The van der Waals surface area contributed by atoms with E-state index in [1.807, 2.05) is 11.8 Å². The Morgan fingerprint density at radius 1 is 0.920 bits per heavy atom. The summed E-state index contributed by atoms with van der Waals surface area (Å²) in [6.07, 6.45) is 17.7. The van der Waals surface area contributed by atoms with Crippen molar-refractivity contribution in [3.05, 3.63) is 0 Å². The van der Waals surface area contributed by atoms with E-state index in [4.69, 9.17) is 4.74 Å². The van der Waals surface area contributed by atoms with Gasteiger partial charge in [0.25, 0.3) is 0 Å². The summed E-state index contributed by atoms with van der Waals surface area (Å²) < 4.78 is 5.49. The predicted octanol–water partition coefficient (Wildman–Crippen LogP) is 7.40. The fourth-order valence-electron chi connectivity index (χ4n) is 2.96. The molecule has 1 unspecified atom stereocenters. The van der Waals surface area contributed by atoms with Gasteiger partial charge in [-0.3, -0.25) is 4.79 Å². The minimum atomic E-state index is -0.000255. The summed E-state index contributed by atoms with van der Waals surface area (Å²) in [5.41, 5.74) is 0.452. The van der Waals surface area contributed by atoms with Crippen LogP contribution in [0.5, 0.6) is 0 Å². The Morgan fingerprint density at radius 2 is 1.52 bits per heavy atom. The summed E-state index contributed by atoms with van der Waals surface area (Å²) in [5, 5.41) is 0.475. The molecule has 150 valence electrons. The molecule has 0 saturated carbocycles. The summed E-state index contributed by atoms with van der Waals surface area (Å²) in [6, 6.07) is 0. The summed E-state index contributed by atoms with van der Waals surface area (Å²) in [4.78, 5) is 11.9. The van der Waals surface area contributed by atoms with Crippen molar-refractivity contribution in [1.29, 1.82) is 0 Å². The molecule has 0 fully saturated rings. The molecule has 0 aromatic carbocycles. The van der Waals surface area contributed by atoms with Crippen molar-refractivity contribution in [3.63, 3.8) is 0 Å². The molecular formula is C22H44O2S. The number of hydrogen-bond donors (Lipinski definition) is 0. The third-order valence-electron chi connectivity index (χ3n) is 4.70. The van der Waals surface area contributed by atoms with Gasteiger partial charge in [0.2, 0.25) is 0 Å². The molecule has 1 atom stereocenters. The van der Waals surface area contributed by atoms with Gasteiger partial charge < -0.3 is 4.74 Å². The van der Waals surface area contributed by atoms with Crippen LogP contribution < -0.4 is 0 Å². The van der Waals surface area contributed by atoms with Crippen LogP contribution in [0.15, 0.2) is 0 Å². The van der Waals surface area contributed by atoms with Crippen LogP contribution >= 0.6 is 11.8 Å². The predicted molar refractivity (Wildman–Crippen MR) is 113 cm³/mol. The van der Waals surface area contributed by atoms with Crippen molar-refractivity contribution in [2.24, 2.45) is 5.41 Å². The lowest BCUT2D eigenvalue weighted by atomic mass is 9.89. The fourth-order valence-corrected chi connectivity index (χ4v) is 3.56. The van der Waals surface area contributed by atoms with E-state index in [2.05, 4.69) is 34.0 Å². The van der Waals surface area contributed by atoms with Gasteiger partial charge in [-0.25, -0.2) is 0 Å². The molecule has 0 aromatic rings. The summed E-state index contributed by atoms with van der Waals surface area (Å²) in [7, 11) is 0. The number of rotatable bonds is 16. The highest BCUT2D eigenvalue weighted by molar-refractivity contribution is 7.99. The van der Waals surface area contributed by atoms with E-state index in [0.717, 1.165) is 12.8 Å². The van der Waals surface area contributed by atoms with Crippen LogP contribution in [0, 0.1) is 5.41 Å². The second kappa shape index (κ2) is 16.0. The van der Waals surface area contributed by atoms with Crippen LogP contribution in [0.3, 0.4) is 0 Å². The third kappa shape index (κ3) is 18.4. The molecule has 0 heterocycles. The molecule has 0 aliphatic heterocycles. The van der Waals surface area contributed by atoms with E-state index in [0.29, 0.717) is 23.7 Å². The Morgan fingerprint density at radius 3 is 2.16 bits per heavy atom. The molecule has 0 bridgehead atoms. The molecular weight excluding hydrogens is 328 g/mol. The number of thioether (sulfide) groups is 1. The maximum Gasteiger partial charge on any atom is 0.305 e. The molecule has 0 amide bonds. The first-order valence-corrected chi connectivity index (χ1v) is 11.9. The second-order valence-electron chi connectivity index (χ2n) is 8.57. The number of carbonyl (C=O) groups is 1. The van der Waals surface area contributed by atoms with Gasteiger partial charge >= 0.3 is 5.97 Å². The van der Waals surface area contributed by atoms with Crippen molar-refractivity contribution in [3.8, 4) is 0 Å². The number of esters is 1. The van der Waals surface area contributed by atoms with Gasteiger partial charge in [0.15, 0.2) is 0 Å². The van der Waals surface area contributed by atoms with Gasteiger partial charge in [-0.15, -0.1) is 0 Å². The molecule has 0 aliphatic carbocycles. The number of ether oxygens (including phenoxy) is 1. The molecule has 2 nitrogen and oxygen atoms in total. The quantitative estimate of drug-likeness (QED) is 0.208. The number of carbonyl (C=O) groups excluding carboxylic acids is 1. The molecule has 0 N–H and O–H groups in total. The maximum absolute atomic E-state index is 11.9. The smallest absolute Gasteiger partial charge is 0.305 e. The molecule has 0 rings (SSSR count). The largest absolute Gasteiger partial charge is 0.464 e. The van der Waals surface area contributed by atoms with Crippen LogP contribution in [0.2, 0.25) is 0 Å². The zero-order chi connectivity index (χ0) is 19.0. The Kier molecular flexibility index (Phi) is 15.9. The van der Waals surface area contributed by atoms with Crippen molar-refractivity contribution in [1.82, 2.24) is 0 Å². The maximum atomic E-state index is 11.9. The van der Waals surface area contributed by atoms with Crippen LogP contribution in [0.25, 0.3) is 0 Å². The molecule has 25 heavy (non-hydrogen) atoms. The van der Waals surface area contributed by atoms with E-state index < -0.39 is 0 Å². The van der Waals surface area contributed by atoms with Crippen molar-refractivity contribution < 1.29 is 9.53 Å². The first-order valence-electron chi connectivity index (χ1n) is 10.6. The highest BCUT2D eigenvalue weighted by Gasteiger charge is 2.11. The average Bonchev–Trinajstić information content (AvgIpc) is 2.55. The molecule has 0 spiro atoms. The highest BCUT2D eigenvalue weighted by atomic mass is 32.2. The summed E-state index contributed by atoms with van der Waals surface area (Å²) in [6.45, 7) is 9.75. The van der Waals surface area contributed by atoms with Crippen LogP contribution in [-0.4, -0.2) is 24.1 Å². The number of hydrogen-bond acceptors (Lipinski definition) is 3. The molecule has 0 radical (unpaired) electrons. The van der Waals surface area contributed by atoms with Crippen LogP contribution in [-0.2, 0) is 9.53 Å². The normalized spacial score (nSPS) is 13.0. The van der Waals surface area contributed by atoms with Crippen molar-refractivity contribution in [2.75, 3.05) is 12.9 Å². The van der Waals surface area contributed by atoms with Gasteiger partial charge in [-0.2, -0.15) is 11.8 Å². The SMILES string of the molecule is CCCCCCCC(COC(=O)CCCCCCCC(C)(C)C)SC. The zero-order valence-corrected chi connectivity index (χ0v) is 18.5. The molecule has 0 aliphatic rings. The minimum Gasteiger partial charge on any atom is -0.464 e. The topological polar surface area (TPSA) is 26.3 Å². The Hall–Kier alpha value is -0.180. The minimum absolute atomic E-state index is 0.000255. The highest BCUT2D eigenvalue weighted by Crippen LogP contribution is 2.22. The summed E-state index contributed by atoms with van der Waals surface area (Å²) in [5.74, 6) is -0.000255. The summed E-state index contributed by atoms with van der Waals surface area (Å²) >= 11 is 1.84. The van der Waals surface area contributed by atoms with E-state index in [-0.39, 0.29) is 5.97 Å². The standard InChI is InChI=1S/C22H44O2S/c1-6-7-8-10-13-16-20(25-5)19-24-21(23)17-14-11-9-12-15-18-22(2,3)4/h20H,6-19H2,1-5H3. The monoisotopic (exact) mass is 372 g/mol. The van der Waals surface area contributed by atoms with Crippen LogP contribution in [0.1, 0.15) is 111 Å². The first-order chi connectivity index (χ1) is 11.9. The van der Waals surface area contributed by atoms with Crippen molar-refractivity contribution >= 4 is 17.7 Å². The second-order valence-corrected chi connectivity index (χ2v) is 9.71. The molecule has 3 heteroatoms. The van der Waals surface area contributed by atoms with Gasteiger partial charge in [-0.05, 0) is 30.9 Å². The van der Waals surface area contributed by atoms with Gasteiger partial charge in [-0.1, -0.05) is 85.5 Å². The molecule has 0 saturated heterocycles. The van der Waals surface area contributed by atoms with Crippen molar-refractivity contribution in [2.45, 2.75) is 116 Å². The Labute approximate surface area is 162 Å². The zero-order valence-electron chi connectivity index (χ0n) is 17.7. The average molecular weight is 373 g/mol. The van der Waals surface area contributed by atoms with E-state index in [1.165, 1.54) is 64.2 Å². The Balaban J connectivity index is 3.54. The number of unbranched alkanes of at least 4 members (excludes halogenated alkanes) is 8. The third-order valence-corrected chi connectivity index (χ3v) is 5.74. The lowest BCUT2D eigenvalue weighted by Gasteiger charge is -2.17. The van der Waals surface area contributed by atoms with E-state index in [9.17, 15) is 4.79 Å². The Bertz CT molecular complexity index is 310. The van der Waals surface area contributed by atoms with Gasteiger partial charge in [0.1, 0.15) is 6.61 Å². The van der Waals surface area contributed by atoms with Crippen LogP contribution in [0.4, 0.5) is 0 Å². The lowest BCUT2D eigenvalue weighted by molar-refractivity contribution is -0.143. The van der Waals surface area contributed by atoms with E-state index >= 15 is 0 Å².